The number of nitrogens with two attached hydrogens (primary N) is 2. The molecule has 786 valence electrons. The van der Waals surface area contributed by atoms with Gasteiger partial charge in [-0.15, -0.1) is 0 Å². The van der Waals surface area contributed by atoms with Crippen molar-refractivity contribution in [1.82, 2.24) is 19.9 Å². The summed E-state index contributed by atoms with van der Waals surface area (Å²) in [5.74, 6) is -9.19. The Labute approximate surface area is 833 Å². The maximum atomic E-state index is 12.0. The van der Waals surface area contributed by atoms with E-state index in [1.54, 1.807) is 26.4 Å². The van der Waals surface area contributed by atoms with E-state index in [9.17, 15) is 103 Å². The highest BCUT2D eigenvalue weighted by atomic mass is 16.6. The van der Waals surface area contributed by atoms with Crippen LogP contribution in [-0.4, -0.2) is 318 Å². The van der Waals surface area contributed by atoms with E-state index in [1.807, 2.05) is 0 Å². The number of phenolic OH excluding ortho intramolecular Hbond substituents is 4. The van der Waals surface area contributed by atoms with E-state index in [2.05, 4.69) is 38.9 Å². The van der Waals surface area contributed by atoms with Crippen molar-refractivity contribution in [1.29, 1.82) is 0 Å². The predicted octanol–water partition coefficient (Wildman–Crippen LogP) is 8.84. The number of rotatable bonds is 24. The van der Waals surface area contributed by atoms with Crippen LogP contribution in [0.15, 0.2) is 113 Å². The molecule has 3 saturated carbocycles. The molecule has 8 aromatic carbocycles. The molecule has 3 aliphatic carbocycles. The molecule has 3 heterocycles. The van der Waals surface area contributed by atoms with Crippen LogP contribution in [0.4, 0.5) is 17.1 Å². The Kier molecular flexibility index (Phi) is 42.1. The van der Waals surface area contributed by atoms with E-state index < -0.39 is 92.6 Å². The van der Waals surface area contributed by atoms with Gasteiger partial charge >= 0.3 is 77.0 Å². The topological polar surface area (TPSA) is 747 Å². The molecule has 4 aliphatic rings. The number of nitro benzene ring substituents is 2. The molecule has 0 radical (unpaired) electrons. The highest BCUT2D eigenvalue weighted by molar-refractivity contribution is 6.07. The first-order chi connectivity index (χ1) is 69.8. The minimum Gasteiger partial charge on any atom is -0.504 e. The number of carbonyl (C=O) groups excluding carboxylic acids is 8. The van der Waals surface area contributed by atoms with Crippen LogP contribution in [0.3, 0.4) is 0 Å². The number of fused-ring (bicyclic) bond motifs is 6. The van der Waals surface area contributed by atoms with Gasteiger partial charge in [0.1, 0.15) is 51.2 Å². The van der Waals surface area contributed by atoms with Crippen LogP contribution in [0.25, 0.3) is 44.1 Å². The normalized spacial score (nSPS) is 16.9. The number of aromatic hydroxyl groups is 4. The molecule has 9 unspecified atom stereocenters. The predicted molar refractivity (Wildman–Crippen MR) is 512 cm³/mol. The molecule has 2 aromatic heterocycles. The minimum atomic E-state index is -1.34. The van der Waals surface area contributed by atoms with Crippen molar-refractivity contribution in [2.75, 3.05) is 134 Å². The molecule has 9 atom stereocenters. The molecule has 147 heavy (non-hydrogen) atoms. The number of carboxylic acid groups (broad SMARTS) is 4. The quantitative estimate of drug-likeness (QED) is 0.00513. The number of esters is 7. The molecule has 12 N–H and O–H groups in total. The van der Waals surface area contributed by atoms with Crippen molar-refractivity contribution in [3.8, 4) is 69.0 Å². The molecule has 1 aliphatic heterocycles. The third kappa shape index (κ3) is 28.6. The number of aromatic carboxylic acids is 4. The minimum absolute atomic E-state index is 0.00845. The number of ketones is 1. The zero-order valence-corrected chi connectivity index (χ0v) is 81.9. The van der Waals surface area contributed by atoms with Gasteiger partial charge in [-0.2, -0.15) is 0 Å². The summed E-state index contributed by atoms with van der Waals surface area (Å²) in [5.41, 5.74) is 15.1. The lowest BCUT2D eigenvalue weighted by Gasteiger charge is -2.41. The second kappa shape index (κ2) is 53.3. The molecule has 0 saturated heterocycles. The number of carboxylic acids is 4. The second-order valence-electron chi connectivity index (χ2n) is 30.8. The molecule has 10 aromatic rings. The number of ether oxygens (including phenoxy) is 18. The summed E-state index contributed by atoms with van der Waals surface area (Å²) in [6.45, 7) is 0. The lowest BCUT2D eigenvalue weighted by Crippen LogP contribution is -2.52. The summed E-state index contributed by atoms with van der Waals surface area (Å²) in [6, 6.07) is 20.9. The number of methoxy groups -OCH3 is 18. The maximum absolute atomic E-state index is 12.0. The van der Waals surface area contributed by atoms with Crippen LogP contribution in [0.2, 0.25) is 0 Å². The number of anilines is 1. The van der Waals surface area contributed by atoms with Crippen molar-refractivity contribution in [3.05, 3.63) is 168 Å². The maximum Gasteiger partial charge on any atom is 0.338 e. The average molecular weight is 2060 g/mol. The van der Waals surface area contributed by atoms with Crippen LogP contribution in [0.1, 0.15) is 121 Å². The summed E-state index contributed by atoms with van der Waals surface area (Å²) in [4.78, 5) is 183. The van der Waals surface area contributed by atoms with Gasteiger partial charge in [0.25, 0.3) is 0 Å². The SMILES string of the molecule is COC(=O)C1CC(N)C(=O)C(OC)C1.COC(=O)C1CC2N=C3C(CC(C(=O)OC)CC3OC)N=C2C(OC)C1.COC(=O)c1cc(N)c(O)c(OC)c1.COC(=O)c1cc(OC)c(O)c([N+](=O)[O-])c1.COC(=O)c1cc(OC)c2nc3cc(C(=O)OC)cc(OC)c3nc2c1.COc1cc(C(=O)O)cc([N+](=O)[O-])c1O.COc1cc(C(=O)O)cc2nc3c(OC)cc(C(=O)O)cc3nc12.COc1cc(C(=O)O)ccc1O. The van der Waals surface area contributed by atoms with Gasteiger partial charge in [0.05, 0.1) is 248 Å². The Morgan fingerprint density at radius 3 is 0.898 bits per heavy atom. The average Bonchev–Trinajstić information content (AvgIpc) is 0.764. The van der Waals surface area contributed by atoms with Gasteiger partial charge in [-0.1, -0.05) is 0 Å². The van der Waals surface area contributed by atoms with Gasteiger partial charge in [0.15, 0.2) is 40.3 Å². The number of phenols is 4. The highest BCUT2D eigenvalue weighted by Crippen LogP contribution is 2.42. The number of nitrogen functional groups attached to an aromatic ring is 1. The van der Waals surface area contributed by atoms with Gasteiger partial charge in [-0.05, 0) is 130 Å². The van der Waals surface area contributed by atoms with Crippen LogP contribution in [-0.2, 0) is 66.5 Å². The number of hydrogen-bond donors (Lipinski definition) is 10. The zero-order chi connectivity index (χ0) is 110. The highest BCUT2D eigenvalue weighted by Gasteiger charge is 2.47. The van der Waals surface area contributed by atoms with E-state index in [-0.39, 0.29) is 162 Å². The Hall–Kier alpha value is -17.8. The van der Waals surface area contributed by atoms with Gasteiger partial charge in [-0.25, -0.2) is 58.3 Å². The third-order valence-corrected chi connectivity index (χ3v) is 22.3. The summed E-state index contributed by atoms with van der Waals surface area (Å²) in [5, 5.41) is 93.8. The summed E-state index contributed by atoms with van der Waals surface area (Å²) in [7, 11) is 24.6. The molecular formula is C95H104N10O42. The number of nitrogens with zero attached hydrogens (tertiary/aromatic N) is 8. The van der Waals surface area contributed by atoms with Crippen LogP contribution in [0.5, 0.6) is 69.0 Å². The first-order valence-electron chi connectivity index (χ1n) is 42.7. The number of benzene rings is 8. The molecule has 0 spiro atoms. The third-order valence-electron chi connectivity index (χ3n) is 22.3. The number of aliphatic imine (C=N–C) groups is 2. The Morgan fingerprint density at radius 2 is 0.592 bits per heavy atom. The smallest absolute Gasteiger partial charge is 0.338 e. The molecule has 3 fully saturated rings. The van der Waals surface area contributed by atoms with E-state index in [0.29, 0.717) is 94.2 Å². The molecule has 0 bridgehead atoms. The molecule has 0 amide bonds. The molecule has 52 nitrogen and oxygen atoms in total. The van der Waals surface area contributed by atoms with Crippen molar-refractivity contribution in [2.24, 2.45) is 33.5 Å². The van der Waals surface area contributed by atoms with Crippen LogP contribution < -0.4 is 49.4 Å². The fourth-order valence-corrected chi connectivity index (χ4v) is 14.9. The van der Waals surface area contributed by atoms with E-state index in [4.69, 9.17) is 103 Å². The van der Waals surface area contributed by atoms with Gasteiger partial charge in [0.2, 0.25) is 11.5 Å². The number of nitro groups is 2. The van der Waals surface area contributed by atoms with Crippen molar-refractivity contribution < 1.29 is 193 Å². The van der Waals surface area contributed by atoms with E-state index in [0.717, 1.165) is 42.8 Å². The van der Waals surface area contributed by atoms with Crippen LogP contribution in [0, 0.1) is 38.0 Å². The lowest BCUT2D eigenvalue weighted by atomic mass is 9.77. The largest absolute Gasteiger partial charge is 0.504 e. The lowest BCUT2D eigenvalue weighted by molar-refractivity contribution is -0.386. The summed E-state index contributed by atoms with van der Waals surface area (Å²) in [6.07, 6.45) is 1.78. The van der Waals surface area contributed by atoms with Gasteiger partial charge < -0.3 is 138 Å². The Balaban J connectivity index is 0.000000231. The van der Waals surface area contributed by atoms with Crippen LogP contribution >= 0.6 is 0 Å². The Morgan fingerprint density at radius 1 is 0.327 bits per heavy atom. The summed E-state index contributed by atoms with van der Waals surface area (Å²) < 4.78 is 88.9. The first-order valence-corrected chi connectivity index (χ1v) is 42.7. The van der Waals surface area contributed by atoms with Crippen molar-refractivity contribution >= 4 is 144 Å². The molecule has 52 heteroatoms. The summed E-state index contributed by atoms with van der Waals surface area (Å²) >= 11 is 0. The monoisotopic (exact) mass is 2060 g/mol. The number of Topliss-reactive ketones (excluding diaryl/α,β-unsaturated/α-hetero) is 1. The number of aromatic nitrogens is 4. The first kappa shape index (κ1) is 116. The molecular weight excluding hydrogens is 1950 g/mol. The number of carbonyl (C=O) groups is 12. The fraction of sp³-hybridized carbons (Fsp3) is 0.347. The zero-order valence-electron chi connectivity index (χ0n) is 81.9. The van der Waals surface area contributed by atoms with Crippen molar-refractivity contribution in [3.63, 3.8) is 0 Å². The van der Waals surface area contributed by atoms with Gasteiger partial charge in [0, 0.05) is 33.5 Å². The standard InChI is InChI=1S/C18H26N2O6.C18H16N2O6.C16H12N2O6.C9H9NO6.C9H15NO4.C9H11NO4.C8H7NO6.C8H8O4/c2*1-23-13-7-9(17(21)25-3)5-11-15(13)19-12-6-10(18(22)26-4)8-14(24-2)16(12)20-11;1-23-11-5-7(15(19)20)3-9-13(11)17-10-4-8(16(21)22)6-12(24-2)14(10)18-9;1-15-7-4-5(9(12)16-2)3-6(8(7)11)10(13)14;2*1-13-7-4-5(9(12)14-2)3-6(10)8(7)11;1-15-6-3-4(8(11)12)2-5(7(6)10)9(13)14;1-12-7-4-5(8(10)11)2-3-6(7)9/h9-14H,5-8H2,1-4H3;5-8H,1-4H3;3-6H,1-2H3,(H,19,20)(H,21,22);3-4,11H,1-2H3;5-7H,3-4,10H2,1-2H3;3-4,11H,10H2,1-2H3;2-3,10H,1H3,(H,11,12);2-4,9H,1H3,(H,10,11). The second-order valence-corrected chi connectivity index (χ2v) is 30.8. The van der Waals surface area contributed by atoms with E-state index >= 15 is 0 Å². The van der Waals surface area contributed by atoms with Crippen molar-refractivity contribution in [2.45, 2.75) is 75.0 Å². The number of hydrogen-bond acceptors (Lipinski definition) is 46. The molecule has 14 rings (SSSR count). The van der Waals surface area contributed by atoms with E-state index in [1.165, 1.54) is 173 Å². The van der Waals surface area contributed by atoms with Gasteiger partial charge in [-0.3, -0.25) is 49.4 Å². The Bertz CT molecular complexity index is 6490. The fourth-order valence-electron chi connectivity index (χ4n) is 14.9.